The minimum absolute atomic E-state index is 0.0497. The average molecular weight is 600 g/mol. The summed E-state index contributed by atoms with van der Waals surface area (Å²) in [5.74, 6) is -0.270. The van der Waals surface area contributed by atoms with E-state index in [2.05, 4.69) is 5.32 Å². The van der Waals surface area contributed by atoms with Crippen LogP contribution in [-0.4, -0.2) is 51.4 Å². The molecule has 0 saturated heterocycles. The molecule has 0 heterocycles. The molecule has 0 spiro atoms. The van der Waals surface area contributed by atoms with Gasteiger partial charge in [0.05, 0.1) is 17.7 Å². The highest BCUT2D eigenvalue weighted by atomic mass is 32.2. The van der Waals surface area contributed by atoms with Gasteiger partial charge in [0.25, 0.3) is 10.0 Å². The molecule has 0 aromatic heterocycles. The number of ether oxygens (including phenoxy) is 1. The van der Waals surface area contributed by atoms with Gasteiger partial charge in [-0.15, -0.1) is 0 Å². The second-order valence-corrected chi connectivity index (χ2v) is 11.9. The van der Waals surface area contributed by atoms with Gasteiger partial charge >= 0.3 is 0 Å². The molecule has 8 nitrogen and oxygen atoms in total. The molecule has 0 aliphatic heterocycles. The van der Waals surface area contributed by atoms with Gasteiger partial charge in [-0.05, 0) is 66.9 Å². The van der Waals surface area contributed by atoms with Crippen molar-refractivity contribution in [3.05, 3.63) is 126 Å². The van der Waals surface area contributed by atoms with Crippen molar-refractivity contribution in [2.45, 2.75) is 37.8 Å². The van der Waals surface area contributed by atoms with Crippen LogP contribution >= 0.6 is 0 Å². The number of nitrogens with zero attached hydrogens (tertiary/aromatic N) is 2. The summed E-state index contributed by atoms with van der Waals surface area (Å²) < 4.78 is 34.4. The van der Waals surface area contributed by atoms with Crippen molar-refractivity contribution < 1.29 is 22.7 Å². The molecule has 0 aliphatic rings. The molecule has 0 aliphatic carbocycles. The first-order chi connectivity index (χ1) is 20.7. The summed E-state index contributed by atoms with van der Waals surface area (Å²) >= 11 is 0. The molecule has 0 saturated carbocycles. The van der Waals surface area contributed by atoms with Gasteiger partial charge in [-0.2, -0.15) is 0 Å². The number of anilines is 1. The van der Waals surface area contributed by atoms with E-state index >= 15 is 0 Å². The number of rotatable bonds is 13. The molecule has 1 unspecified atom stereocenters. The van der Waals surface area contributed by atoms with Gasteiger partial charge in [0, 0.05) is 19.5 Å². The zero-order chi connectivity index (χ0) is 30.8. The number of sulfonamides is 1. The van der Waals surface area contributed by atoms with Crippen molar-refractivity contribution in [1.29, 1.82) is 0 Å². The minimum Gasteiger partial charge on any atom is -0.497 e. The lowest BCUT2D eigenvalue weighted by atomic mass is 10.0. The number of methoxy groups -OCH3 is 1. The quantitative estimate of drug-likeness (QED) is 0.234. The molecular formula is C34H37N3O5S. The Kier molecular flexibility index (Phi) is 10.6. The number of carbonyl (C=O) groups excluding carboxylic acids is 2. The Morgan fingerprint density at radius 2 is 1.44 bits per heavy atom. The molecule has 4 aromatic carbocycles. The van der Waals surface area contributed by atoms with Crippen molar-refractivity contribution >= 4 is 27.5 Å². The Labute approximate surface area is 254 Å². The van der Waals surface area contributed by atoms with Crippen molar-refractivity contribution in [2.24, 2.45) is 0 Å². The molecule has 2 amide bonds. The van der Waals surface area contributed by atoms with Gasteiger partial charge in [-0.1, -0.05) is 72.8 Å². The lowest BCUT2D eigenvalue weighted by Gasteiger charge is -2.34. The maximum Gasteiger partial charge on any atom is 0.264 e. The van der Waals surface area contributed by atoms with Crippen LogP contribution in [0.15, 0.2) is 114 Å². The zero-order valence-corrected chi connectivity index (χ0v) is 25.5. The topological polar surface area (TPSA) is 96.0 Å². The largest absolute Gasteiger partial charge is 0.497 e. The third kappa shape index (κ3) is 7.81. The van der Waals surface area contributed by atoms with Gasteiger partial charge in [-0.3, -0.25) is 13.9 Å². The lowest BCUT2D eigenvalue weighted by Crippen LogP contribution is -2.53. The average Bonchev–Trinajstić information content (AvgIpc) is 3.03. The molecule has 0 fully saturated rings. The molecule has 1 N–H and O–H groups in total. The molecule has 4 aromatic rings. The third-order valence-corrected chi connectivity index (χ3v) is 8.98. The second-order valence-electron chi connectivity index (χ2n) is 10.1. The minimum atomic E-state index is -4.15. The number of hydrogen-bond acceptors (Lipinski definition) is 5. The van der Waals surface area contributed by atoms with Gasteiger partial charge in [0.2, 0.25) is 11.8 Å². The SMILES string of the molecule is CCNC(=O)C(Cc1ccccc1)N(Cc1ccccc1C)C(=O)CN(c1ccc(OC)cc1)S(=O)(=O)c1ccccc1. The standard InChI is InChI=1S/C34H37N3O5S/c1-4-35-34(39)32(23-27-14-7-5-8-15-27)36(24-28-16-12-11-13-26(28)2)33(38)25-37(29-19-21-30(42-3)22-20-29)43(40,41)31-17-9-6-10-18-31/h5-22,32H,4,23-25H2,1-3H3,(H,35,39). The van der Waals surface area contributed by atoms with E-state index < -0.39 is 28.5 Å². The number of likely N-dealkylation sites (N-methyl/N-ethyl adjacent to an activating group) is 1. The van der Waals surface area contributed by atoms with Crippen LogP contribution in [0.2, 0.25) is 0 Å². The normalized spacial score (nSPS) is 11.8. The smallest absolute Gasteiger partial charge is 0.264 e. The van der Waals surface area contributed by atoms with E-state index in [0.717, 1.165) is 21.0 Å². The Hall–Kier alpha value is -4.63. The molecule has 9 heteroatoms. The van der Waals surface area contributed by atoms with Crippen LogP contribution in [0.1, 0.15) is 23.6 Å². The van der Waals surface area contributed by atoms with E-state index in [-0.39, 0.29) is 23.8 Å². The highest BCUT2D eigenvalue weighted by molar-refractivity contribution is 7.92. The summed E-state index contributed by atoms with van der Waals surface area (Å²) in [5, 5.41) is 2.88. The van der Waals surface area contributed by atoms with Crippen molar-refractivity contribution in [1.82, 2.24) is 10.2 Å². The van der Waals surface area contributed by atoms with E-state index in [1.165, 1.54) is 24.1 Å². The number of carbonyl (C=O) groups is 2. The summed E-state index contributed by atoms with van der Waals surface area (Å²) in [6, 6.07) is 30.7. The first kappa shape index (κ1) is 31.3. The number of nitrogens with one attached hydrogen (secondary N) is 1. The van der Waals surface area contributed by atoms with E-state index in [4.69, 9.17) is 4.74 Å². The lowest BCUT2D eigenvalue weighted by molar-refractivity contribution is -0.140. The van der Waals surface area contributed by atoms with Crippen LogP contribution in [0.5, 0.6) is 5.75 Å². The fourth-order valence-corrected chi connectivity index (χ4v) is 6.25. The summed E-state index contributed by atoms with van der Waals surface area (Å²) in [5.41, 5.74) is 3.00. The maximum atomic E-state index is 14.4. The van der Waals surface area contributed by atoms with Gasteiger partial charge in [0.1, 0.15) is 18.3 Å². The highest BCUT2D eigenvalue weighted by Crippen LogP contribution is 2.27. The van der Waals surface area contributed by atoms with Crippen molar-refractivity contribution in [2.75, 3.05) is 24.5 Å². The Balaban J connectivity index is 1.79. The first-order valence-corrected chi connectivity index (χ1v) is 15.6. The Morgan fingerprint density at radius 1 is 0.837 bits per heavy atom. The van der Waals surface area contributed by atoms with Crippen LogP contribution in [0.3, 0.4) is 0 Å². The summed E-state index contributed by atoms with van der Waals surface area (Å²) in [6.07, 6.45) is 0.262. The number of hydrogen-bond donors (Lipinski definition) is 1. The predicted molar refractivity (Wildman–Crippen MR) is 168 cm³/mol. The van der Waals surface area contributed by atoms with E-state index in [9.17, 15) is 18.0 Å². The molecular weight excluding hydrogens is 562 g/mol. The van der Waals surface area contributed by atoms with E-state index in [0.29, 0.717) is 18.0 Å². The predicted octanol–water partition coefficient (Wildman–Crippen LogP) is 4.98. The van der Waals surface area contributed by atoms with Gasteiger partial charge in [0.15, 0.2) is 0 Å². The second kappa shape index (κ2) is 14.5. The van der Waals surface area contributed by atoms with Crippen LogP contribution in [0, 0.1) is 6.92 Å². The van der Waals surface area contributed by atoms with Crippen LogP contribution < -0.4 is 14.4 Å². The summed E-state index contributed by atoms with van der Waals surface area (Å²) in [4.78, 5) is 29.5. The molecule has 4 rings (SSSR count). The van der Waals surface area contributed by atoms with Gasteiger partial charge < -0.3 is 15.0 Å². The maximum absolute atomic E-state index is 14.4. The molecule has 1 atom stereocenters. The zero-order valence-electron chi connectivity index (χ0n) is 24.6. The van der Waals surface area contributed by atoms with Crippen molar-refractivity contribution in [3.63, 3.8) is 0 Å². The van der Waals surface area contributed by atoms with Crippen LogP contribution in [0.4, 0.5) is 5.69 Å². The summed E-state index contributed by atoms with van der Waals surface area (Å²) in [6.45, 7) is 3.77. The fourth-order valence-electron chi connectivity index (χ4n) is 4.81. The van der Waals surface area contributed by atoms with Gasteiger partial charge in [-0.25, -0.2) is 8.42 Å². The molecule has 0 bridgehead atoms. The highest BCUT2D eigenvalue weighted by Gasteiger charge is 2.34. The molecule has 0 radical (unpaired) electrons. The van der Waals surface area contributed by atoms with Crippen molar-refractivity contribution in [3.8, 4) is 5.75 Å². The fraction of sp³-hybridized carbons (Fsp3) is 0.235. The summed E-state index contributed by atoms with van der Waals surface area (Å²) in [7, 11) is -2.63. The Morgan fingerprint density at radius 3 is 2.05 bits per heavy atom. The Bertz CT molecular complexity index is 1610. The molecule has 224 valence electrons. The number of benzene rings is 4. The first-order valence-electron chi connectivity index (χ1n) is 14.1. The number of amides is 2. The third-order valence-electron chi connectivity index (χ3n) is 7.19. The number of aryl methyl sites for hydroxylation is 1. The van der Waals surface area contributed by atoms with E-state index in [1.807, 2.05) is 68.4 Å². The molecule has 43 heavy (non-hydrogen) atoms. The van der Waals surface area contributed by atoms with Crippen LogP contribution in [-0.2, 0) is 32.6 Å². The van der Waals surface area contributed by atoms with E-state index in [1.54, 1.807) is 42.5 Å². The monoisotopic (exact) mass is 599 g/mol. The van der Waals surface area contributed by atoms with Crippen LogP contribution in [0.25, 0.3) is 0 Å².